The lowest BCUT2D eigenvalue weighted by Gasteiger charge is -2.21. The van der Waals surface area contributed by atoms with Crippen molar-refractivity contribution < 1.29 is 4.42 Å². The summed E-state index contributed by atoms with van der Waals surface area (Å²) in [5.74, 6) is 0. The Morgan fingerprint density at radius 3 is 1.65 bits per heavy atom. The Morgan fingerprint density at radius 1 is 0.413 bits per heavy atom. The van der Waals surface area contributed by atoms with Gasteiger partial charge < -0.3 is 4.42 Å². The SMILES string of the molecule is CC1(C)c2ccc(-c3ccc(-c4cc(-c5ccccc5)nc(-c5ccccc5)c4)cc3)cc2-c2cc3oc4ccccc4c3cc21. The summed E-state index contributed by atoms with van der Waals surface area (Å²) >= 11 is 0. The predicted octanol–water partition coefficient (Wildman–Crippen LogP) is 12.0. The van der Waals surface area contributed by atoms with Gasteiger partial charge in [-0.3, -0.25) is 0 Å². The van der Waals surface area contributed by atoms with E-state index in [0.717, 1.165) is 39.2 Å². The molecule has 0 fully saturated rings. The second-order valence-electron chi connectivity index (χ2n) is 12.8. The smallest absolute Gasteiger partial charge is 0.136 e. The van der Waals surface area contributed by atoms with E-state index in [1.165, 1.54) is 49.7 Å². The molecule has 0 spiro atoms. The number of nitrogens with zero attached hydrogens (tertiary/aromatic N) is 1. The molecule has 2 heterocycles. The number of para-hydroxylation sites is 1. The average Bonchev–Trinajstić information content (AvgIpc) is 3.59. The highest BCUT2D eigenvalue weighted by Crippen LogP contribution is 2.51. The van der Waals surface area contributed by atoms with E-state index in [9.17, 15) is 0 Å². The molecule has 0 bridgehead atoms. The van der Waals surface area contributed by atoms with Crippen molar-refractivity contribution >= 4 is 21.9 Å². The number of hydrogen-bond acceptors (Lipinski definition) is 2. The van der Waals surface area contributed by atoms with Crippen molar-refractivity contribution in [1.29, 1.82) is 0 Å². The van der Waals surface area contributed by atoms with Crippen LogP contribution in [0.1, 0.15) is 25.0 Å². The fraction of sp³-hybridized carbons (Fsp3) is 0.0682. The second-order valence-corrected chi connectivity index (χ2v) is 12.8. The number of furan rings is 1. The molecule has 2 nitrogen and oxygen atoms in total. The molecular formula is C44H31NO. The number of pyridine rings is 1. The van der Waals surface area contributed by atoms with E-state index in [-0.39, 0.29) is 5.41 Å². The van der Waals surface area contributed by atoms with Crippen LogP contribution in [0.4, 0.5) is 0 Å². The number of fused-ring (bicyclic) bond motifs is 6. The van der Waals surface area contributed by atoms with E-state index < -0.39 is 0 Å². The molecule has 2 heteroatoms. The van der Waals surface area contributed by atoms with Crippen LogP contribution in [-0.2, 0) is 5.41 Å². The summed E-state index contributed by atoms with van der Waals surface area (Å²) in [6.45, 7) is 4.67. The van der Waals surface area contributed by atoms with Crippen LogP contribution in [0.2, 0.25) is 0 Å². The Labute approximate surface area is 268 Å². The van der Waals surface area contributed by atoms with Crippen LogP contribution >= 0.6 is 0 Å². The van der Waals surface area contributed by atoms with Gasteiger partial charge in [-0.15, -0.1) is 0 Å². The molecule has 46 heavy (non-hydrogen) atoms. The molecular weight excluding hydrogens is 558 g/mol. The number of rotatable bonds is 4. The van der Waals surface area contributed by atoms with Gasteiger partial charge in [0.25, 0.3) is 0 Å². The molecule has 0 amide bonds. The Morgan fingerprint density at radius 2 is 0.978 bits per heavy atom. The first-order chi connectivity index (χ1) is 22.5. The lowest BCUT2D eigenvalue weighted by Crippen LogP contribution is -2.14. The number of hydrogen-bond donors (Lipinski definition) is 0. The van der Waals surface area contributed by atoms with E-state index in [4.69, 9.17) is 9.40 Å². The van der Waals surface area contributed by atoms with Crippen LogP contribution in [0.3, 0.4) is 0 Å². The van der Waals surface area contributed by atoms with Crippen LogP contribution in [0.5, 0.6) is 0 Å². The average molecular weight is 590 g/mol. The molecule has 9 rings (SSSR count). The van der Waals surface area contributed by atoms with Gasteiger partial charge in [0.2, 0.25) is 0 Å². The third-order valence-corrected chi connectivity index (χ3v) is 9.69. The minimum Gasteiger partial charge on any atom is -0.456 e. The topological polar surface area (TPSA) is 26.0 Å². The maximum atomic E-state index is 6.30. The summed E-state index contributed by atoms with van der Waals surface area (Å²) in [4.78, 5) is 5.05. The highest BCUT2D eigenvalue weighted by atomic mass is 16.3. The third kappa shape index (κ3) is 4.22. The summed E-state index contributed by atoms with van der Waals surface area (Å²) in [7, 11) is 0. The highest BCUT2D eigenvalue weighted by Gasteiger charge is 2.36. The summed E-state index contributed by atoms with van der Waals surface area (Å²) < 4.78 is 6.30. The Bertz CT molecular complexity index is 2360. The standard InChI is InChI=1S/C44H31NO/c1-44(2)38-22-21-32(23-35(38)36-27-43-37(26-39(36)44)34-15-9-10-16-42(34)46-43)28-17-19-29(20-18-28)33-24-40(30-11-5-3-6-12-30)45-41(25-33)31-13-7-4-8-14-31/h3-27H,1-2H3. The zero-order valence-corrected chi connectivity index (χ0v) is 25.8. The number of aromatic nitrogens is 1. The lowest BCUT2D eigenvalue weighted by molar-refractivity contribution is 0.658. The maximum Gasteiger partial charge on any atom is 0.136 e. The zero-order chi connectivity index (χ0) is 30.8. The van der Waals surface area contributed by atoms with E-state index in [0.29, 0.717) is 0 Å². The van der Waals surface area contributed by atoms with Gasteiger partial charge in [0.05, 0.1) is 11.4 Å². The first-order valence-corrected chi connectivity index (χ1v) is 15.9. The van der Waals surface area contributed by atoms with Crippen LogP contribution in [-0.4, -0.2) is 4.98 Å². The van der Waals surface area contributed by atoms with Gasteiger partial charge in [-0.1, -0.05) is 129 Å². The Kier molecular flexibility index (Phi) is 5.88. The lowest BCUT2D eigenvalue weighted by atomic mass is 9.81. The first-order valence-electron chi connectivity index (χ1n) is 15.9. The maximum absolute atomic E-state index is 6.30. The Hall–Kier alpha value is -5.73. The monoisotopic (exact) mass is 589 g/mol. The fourth-order valence-corrected chi connectivity index (χ4v) is 7.21. The van der Waals surface area contributed by atoms with Gasteiger partial charge in [-0.25, -0.2) is 4.98 Å². The predicted molar refractivity (Wildman–Crippen MR) is 191 cm³/mol. The minimum atomic E-state index is -0.0894. The van der Waals surface area contributed by atoms with Crippen molar-refractivity contribution in [2.45, 2.75) is 19.3 Å². The van der Waals surface area contributed by atoms with Crippen molar-refractivity contribution in [3.8, 4) is 55.9 Å². The molecule has 0 aliphatic heterocycles. The molecule has 0 N–H and O–H groups in total. The van der Waals surface area contributed by atoms with Crippen molar-refractivity contribution in [2.75, 3.05) is 0 Å². The van der Waals surface area contributed by atoms with E-state index in [1.54, 1.807) is 0 Å². The second kappa shape index (κ2) is 10.2. The molecule has 218 valence electrons. The molecule has 1 aliphatic carbocycles. The molecule has 2 aromatic heterocycles. The largest absolute Gasteiger partial charge is 0.456 e. The van der Waals surface area contributed by atoms with Gasteiger partial charge in [0.1, 0.15) is 11.2 Å². The summed E-state index contributed by atoms with van der Waals surface area (Å²) in [6.07, 6.45) is 0. The molecule has 1 aliphatic rings. The molecule has 0 unspecified atom stereocenters. The summed E-state index contributed by atoms with van der Waals surface area (Å²) in [6, 6.07) is 54.1. The van der Waals surface area contributed by atoms with E-state index in [1.807, 2.05) is 18.2 Å². The zero-order valence-electron chi connectivity index (χ0n) is 25.8. The summed E-state index contributed by atoms with van der Waals surface area (Å²) in [5, 5.41) is 2.36. The van der Waals surface area contributed by atoms with E-state index >= 15 is 0 Å². The molecule has 0 saturated heterocycles. The summed E-state index contributed by atoms with van der Waals surface area (Å²) in [5.41, 5.74) is 16.0. The fourth-order valence-electron chi connectivity index (χ4n) is 7.21. The number of benzene rings is 6. The van der Waals surface area contributed by atoms with Crippen LogP contribution in [0, 0.1) is 0 Å². The van der Waals surface area contributed by atoms with Crippen molar-refractivity contribution in [3.63, 3.8) is 0 Å². The molecule has 8 aromatic rings. The van der Waals surface area contributed by atoms with E-state index in [2.05, 4.69) is 147 Å². The van der Waals surface area contributed by atoms with Crippen molar-refractivity contribution in [3.05, 3.63) is 163 Å². The van der Waals surface area contributed by atoms with Crippen molar-refractivity contribution in [2.24, 2.45) is 0 Å². The van der Waals surface area contributed by atoms with Crippen LogP contribution in [0.25, 0.3) is 77.8 Å². The molecule has 6 aromatic carbocycles. The minimum absolute atomic E-state index is 0.0894. The third-order valence-electron chi connectivity index (χ3n) is 9.69. The van der Waals surface area contributed by atoms with Gasteiger partial charge in [-0.2, -0.15) is 0 Å². The molecule has 0 radical (unpaired) electrons. The van der Waals surface area contributed by atoms with Crippen LogP contribution in [0.15, 0.2) is 156 Å². The quantitative estimate of drug-likeness (QED) is 0.204. The van der Waals surface area contributed by atoms with Gasteiger partial charge in [-0.05, 0) is 80.9 Å². The van der Waals surface area contributed by atoms with Gasteiger partial charge in [0, 0.05) is 27.3 Å². The molecule has 0 saturated carbocycles. The first kappa shape index (κ1) is 26.7. The van der Waals surface area contributed by atoms with Gasteiger partial charge in [0.15, 0.2) is 0 Å². The normalized spacial score (nSPS) is 13.2. The van der Waals surface area contributed by atoms with Crippen molar-refractivity contribution in [1.82, 2.24) is 4.98 Å². The molecule has 0 atom stereocenters. The highest BCUT2D eigenvalue weighted by molar-refractivity contribution is 6.07. The van der Waals surface area contributed by atoms with Crippen LogP contribution < -0.4 is 0 Å². The van der Waals surface area contributed by atoms with Gasteiger partial charge >= 0.3 is 0 Å². The Balaban J connectivity index is 1.11.